The second-order valence-electron chi connectivity index (χ2n) is 16.0. The Morgan fingerprint density at radius 1 is 0.397 bits per heavy atom. The predicted octanol–water partition coefficient (Wildman–Crippen LogP) is 15.7. The van der Waals surface area contributed by atoms with Gasteiger partial charge in [0.2, 0.25) is 0 Å². The van der Waals surface area contributed by atoms with Gasteiger partial charge in [0.25, 0.3) is 0 Å². The van der Waals surface area contributed by atoms with Gasteiger partial charge in [0.05, 0.1) is 5.69 Å². The van der Waals surface area contributed by atoms with Crippen LogP contribution in [0.25, 0.3) is 88.0 Å². The van der Waals surface area contributed by atoms with Crippen molar-refractivity contribution in [2.24, 2.45) is 0 Å². The highest BCUT2D eigenvalue weighted by Gasteiger charge is 2.36. The molecule has 0 unspecified atom stereocenters. The van der Waals surface area contributed by atoms with Gasteiger partial charge in [-0.15, -0.1) is 0 Å². The SMILES string of the molecule is CC1(C)c2ccccc2-c2ccc(N(c3ccc(-c4ccccc4)cc3)c3ccc(-c4cccc5ccccc45)c4c3oc3ccc5oc6ccccc6c5c34)cc21. The van der Waals surface area contributed by atoms with E-state index in [-0.39, 0.29) is 5.41 Å². The molecule has 11 aromatic rings. The minimum Gasteiger partial charge on any atom is -0.456 e. The van der Waals surface area contributed by atoms with E-state index >= 15 is 0 Å². The molecule has 1 aliphatic carbocycles. The Balaban J connectivity index is 1.17. The number of benzene rings is 9. The highest BCUT2D eigenvalue weighted by molar-refractivity contribution is 6.30. The lowest BCUT2D eigenvalue weighted by atomic mass is 9.82. The number of furan rings is 2. The van der Waals surface area contributed by atoms with Crippen LogP contribution in [0.5, 0.6) is 0 Å². The Hall–Kier alpha value is -7.36. The first kappa shape index (κ1) is 32.8. The van der Waals surface area contributed by atoms with Crippen LogP contribution < -0.4 is 4.90 Å². The van der Waals surface area contributed by atoms with Crippen LogP contribution in [0.4, 0.5) is 17.1 Å². The van der Waals surface area contributed by atoms with Gasteiger partial charge >= 0.3 is 0 Å². The Kier molecular flexibility index (Phi) is 6.98. The average Bonchev–Trinajstić information content (AvgIpc) is 3.92. The molecular formula is C55H37NO2. The Labute approximate surface area is 336 Å². The van der Waals surface area contributed by atoms with Crippen molar-refractivity contribution in [2.45, 2.75) is 19.3 Å². The number of nitrogens with zero attached hydrogens (tertiary/aromatic N) is 1. The van der Waals surface area contributed by atoms with E-state index < -0.39 is 0 Å². The van der Waals surface area contributed by atoms with Crippen molar-refractivity contribution in [3.8, 4) is 33.4 Å². The fourth-order valence-corrected chi connectivity index (χ4v) is 9.72. The molecular weight excluding hydrogens is 707 g/mol. The van der Waals surface area contributed by atoms with E-state index in [0.717, 1.165) is 72.1 Å². The molecule has 12 rings (SSSR count). The van der Waals surface area contributed by atoms with Gasteiger partial charge in [-0.05, 0) is 104 Å². The summed E-state index contributed by atoms with van der Waals surface area (Å²) in [7, 11) is 0. The van der Waals surface area contributed by atoms with Crippen molar-refractivity contribution in [3.05, 3.63) is 199 Å². The lowest BCUT2D eigenvalue weighted by Crippen LogP contribution is -2.16. The first-order valence-corrected chi connectivity index (χ1v) is 20.0. The van der Waals surface area contributed by atoms with Crippen molar-refractivity contribution in [2.75, 3.05) is 4.90 Å². The summed E-state index contributed by atoms with van der Waals surface area (Å²) in [4.78, 5) is 2.39. The lowest BCUT2D eigenvalue weighted by molar-refractivity contribution is 0.660. The van der Waals surface area contributed by atoms with E-state index in [1.165, 1.54) is 44.2 Å². The molecule has 0 fully saturated rings. The third-order valence-corrected chi connectivity index (χ3v) is 12.5. The summed E-state index contributed by atoms with van der Waals surface area (Å²) in [6.07, 6.45) is 0. The molecule has 0 saturated heterocycles. The molecule has 0 spiro atoms. The van der Waals surface area contributed by atoms with Crippen molar-refractivity contribution >= 4 is 71.7 Å². The first-order chi connectivity index (χ1) is 28.5. The Morgan fingerprint density at radius 3 is 1.90 bits per heavy atom. The molecule has 0 N–H and O–H groups in total. The van der Waals surface area contributed by atoms with Gasteiger partial charge in [-0.1, -0.05) is 153 Å². The van der Waals surface area contributed by atoms with Crippen molar-refractivity contribution in [1.82, 2.24) is 0 Å². The predicted molar refractivity (Wildman–Crippen MR) is 242 cm³/mol. The molecule has 9 aromatic carbocycles. The number of anilines is 3. The normalized spacial score (nSPS) is 13.1. The number of hydrogen-bond donors (Lipinski definition) is 0. The maximum Gasteiger partial charge on any atom is 0.160 e. The van der Waals surface area contributed by atoms with Crippen molar-refractivity contribution in [3.63, 3.8) is 0 Å². The number of hydrogen-bond acceptors (Lipinski definition) is 3. The zero-order chi connectivity index (χ0) is 38.5. The third kappa shape index (κ3) is 4.74. The second kappa shape index (κ2) is 12.3. The molecule has 0 aliphatic heterocycles. The van der Waals surface area contributed by atoms with Gasteiger partial charge < -0.3 is 13.7 Å². The molecule has 0 bridgehead atoms. The number of rotatable bonds is 5. The lowest BCUT2D eigenvalue weighted by Gasteiger charge is -2.28. The average molecular weight is 744 g/mol. The molecule has 0 radical (unpaired) electrons. The smallest absolute Gasteiger partial charge is 0.160 e. The zero-order valence-electron chi connectivity index (χ0n) is 32.2. The molecule has 0 atom stereocenters. The van der Waals surface area contributed by atoms with E-state index in [0.29, 0.717) is 0 Å². The van der Waals surface area contributed by atoms with Gasteiger partial charge in [0.1, 0.15) is 16.7 Å². The molecule has 2 heterocycles. The maximum absolute atomic E-state index is 7.20. The van der Waals surface area contributed by atoms with Crippen LogP contribution in [0.2, 0.25) is 0 Å². The summed E-state index contributed by atoms with van der Waals surface area (Å²) in [5.74, 6) is 0. The maximum atomic E-state index is 7.20. The van der Waals surface area contributed by atoms with Gasteiger partial charge in [0, 0.05) is 38.3 Å². The molecule has 0 saturated carbocycles. The summed E-state index contributed by atoms with van der Waals surface area (Å²) in [5, 5.41) is 6.68. The van der Waals surface area contributed by atoms with Gasteiger partial charge in [-0.25, -0.2) is 0 Å². The van der Waals surface area contributed by atoms with E-state index in [1.807, 2.05) is 6.07 Å². The zero-order valence-corrected chi connectivity index (χ0v) is 32.2. The van der Waals surface area contributed by atoms with Crippen LogP contribution in [0.15, 0.2) is 197 Å². The summed E-state index contributed by atoms with van der Waals surface area (Å²) < 4.78 is 13.7. The van der Waals surface area contributed by atoms with Crippen LogP contribution in [-0.4, -0.2) is 0 Å². The van der Waals surface area contributed by atoms with Crippen LogP contribution >= 0.6 is 0 Å². The largest absolute Gasteiger partial charge is 0.456 e. The summed E-state index contributed by atoms with van der Waals surface area (Å²) >= 11 is 0. The molecule has 3 nitrogen and oxygen atoms in total. The van der Waals surface area contributed by atoms with Crippen LogP contribution in [0.1, 0.15) is 25.0 Å². The highest BCUT2D eigenvalue weighted by Crippen LogP contribution is 2.53. The van der Waals surface area contributed by atoms with Crippen molar-refractivity contribution < 1.29 is 8.83 Å². The van der Waals surface area contributed by atoms with E-state index in [1.54, 1.807) is 0 Å². The minimum absolute atomic E-state index is 0.161. The van der Waals surface area contributed by atoms with Crippen molar-refractivity contribution in [1.29, 1.82) is 0 Å². The van der Waals surface area contributed by atoms with Crippen LogP contribution in [-0.2, 0) is 5.41 Å². The molecule has 0 amide bonds. The molecule has 1 aliphatic rings. The fourth-order valence-electron chi connectivity index (χ4n) is 9.72. The summed E-state index contributed by atoms with van der Waals surface area (Å²) in [6.45, 7) is 4.69. The van der Waals surface area contributed by atoms with Crippen LogP contribution in [0, 0.1) is 0 Å². The summed E-state index contributed by atoms with van der Waals surface area (Å²) in [6, 6.07) is 67.6. The van der Waals surface area contributed by atoms with Crippen LogP contribution in [0.3, 0.4) is 0 Å². The second-order valence-corrected chi connectivity index (χ2v) is 16.0. The fraction of sp³-hybridized carbons (Fsp3) is 0.0545. The summed E-state index contributed by atoms with van der Waals surface area (Å²) in [5.41, 5.74) is 16.2. The molecule has 2 aromatic heterocycles. The Morgan fingerprint density at radius 2 is 1.03 bits per heavy atom. The monoisotopic (exact) mass is 743 g/mol. The quantitative estimate of drug-likeness (QED) is 0.176. The van der Waals surface area contributed by atoms with Gasteiger partial charge in [0.15, 0.2) is 5.58 Å². The number of fused-ring (bicyclic) bond motifs is 11. The standard InChI is InChI=1S/C55H37NO2/c1-55(2)45-21-10-8-18-41(45)42-28-27-38(33-46(42)55)56(37-25-23-35(24-26-37)34-13-4-3-5-14-34)47-30-29-43(40-20-12-16-36-15-6-7-17-39(36)40)52-53-50(58-54(47)52)32-31-49-51(53)44-19-9-11-22-48(44)57-49/h3-33H,1-2H3. The third-order valence-electron chi connectivity index (χ3n) is 12.5. The minimum atomic E-state index is -0.161. The topological polar surface area (TPSA) is 29.5 Å². The van der Waals surface area contributed by atoms with Gasteiger partial charge in [-0.2, -0.15) is 0 Å². The first-order valence-electron chi connectivity index (χ1n) is 20.0. The molecule has 58 heavy (non-hydrogen) atoms. The van der Waals surface area contributed by atoms with E-state index in [9.17, 15) is 0 Å². The number of para-hydroxylation sites is 1. The molecule has 274 valence electrons. The highest BCUT2D eigenvalue weighted by atomic mass is 16.3. The van der Waals surface area contributed by atoms with E-state index in [4.69, 9.17) is 8.83 Å². The molecule has 3 heteroatoms. The van der Waals surface area contributed by atoms with E-state index in [2.05, 4.69) is 201 Å². The van der Waals surface area contributed by atoms with Gasteiger partial charge in [-0.3, -0.25) is 0 Å². The Bertz CT molecular complexity index is 3420.